The number of likely N-dealkylation sites (N-methyl/N-ethyl adjacent to an activating group) is 1. The van der Waals surface area contributed by atoms with Crippen molar-refractivity contribution in [2.24, 2.45) is 0 Å². The lowest BCUT2D eigenvalue weighted by molar-refractivity contribution is -0.117. The fourth-order valence-electron chi connectivity index (χ4n) is 2.42. The number of carbonyl (C=O) groups excluding carboxylic acids is 1. The number of rotatable bonds is 6. The van der Waals surface area contributed by atoms with Crippen LogP contribution in [0.3, 0.4) is 0 Å². The lowest BCUT2D eigenvalue weighted by atomic mass is 10.2. The van der Waals surface area contributed by atoms with Crippen molar-refractivity contribution in [1.82, 2.24) is 9.88 Å². The predicted octanol–water partition coefficient (Wildman–Crippen LogP) is 5.51. The number of halogens is 2. The third-order valence-corrected chi connectivity index (χ3v) is 6.26. The highest BCUT2D eigenvalue weighted by Gasteiger charge is 2.21. The monoisotopic (exact) mass is 399 g/mol. The number of amides is 1. The number of hydrogen-bond donors (Lipinski definition) is 1. The second-order valence-corrected chi connectivity index (χ2v) is 8.27. The third kappa shape index (κ3) is 4.94. The molecule has 136 valence electrons. The molecule has 1 aromatic carbocycles. The quantitative estimate of drug-likeness (QED) is 0.695. The highest BCUT2D eigenvalue weighted by molar-refractivity contribution is 7.11. The molecular formula is C18H23Cl2N3OS. The molecule has 2 rings (SSSR count). The summed E-state index contributed by atoms with van der Waals surface area (Å²) in [5.74, 6) is 0.247. The Hall–Kier alpha value is -1.14. The molecule has 0 aliphatic heterocycles. The zero-order chi connectivity index (χ0) is 18.7. The van der Waals surface area contributed by atoms with Crippen LogP contribution in [0.4, 0.5) is 5.69 Å². The van der Waals surface area contributed by atoms with Gasteiger partial charge in [0.1, 0.15) is 0 Å². The van der Waals surface area contributed by atoms with E-state index < -0.39 is 0 Å². The van der Waals surface area contributed by atoms with Crippen LogP contribution in [0.15, 0.2) is 18.2 Å². The Morgan fingerprint density at radius 2 is 1.88 bits per heavy atom. The first kappa shape index (κ1) is 20.2. The summed E-state index contributed by atoms with van der Waals surface area (Å²) in [6.45, 7) is 8.61. The normalized spacial score (nSPS) is 12.7. The number of aromatic nitrogens is 1. The smallest absolute Gasteiger partial charge is 0.238 e. The molecule has 1 amide bonds. The van der Waals surface area contributed by atoms with E-state index in [4.69, 9.17) is 23.2 Å². The van der Waals surface area contributed by atoms with Crippen LogP contribution >= 0.6 is 34.5 Å². The van der Waals surface area contributed by atoms with Crippen LogP contribution in [0.1, 0.15) is 48.3 Å². The topological polar surface area (TPSA) is 45.2 Å². The fourth-order valence-corrected chi connectivity index (χ4v) is 4.10. The predicted molar refractivity (Wildman–Crippen MR) is 107 cm³/mol. The van der Waals surface area contributed by atoms with Gasteiger partial charge in [-0.25, -0.2) is 4.98 Å². The SMILES string of the molecule is Cc1nc(C(C)C)sc1[C@@H](C)N(C)CC(=O)Nc1c(Cl)cccc1Cl. The Labute approximate surface area is 163 Å². The van der Waals surface area contributed by atoms with Crippen LogP contribution in [-0.2, 0) is 4.79 Å². The van der Waals surface area contributed by atoms with E-state index in [1.807, 2.05) is 18.9 Å². The second-order valence-electron chi connectivity index (χ2n) is 6.39. The van der Waals surface area contributed by atoms with E-state index in [-0.39, 0.29) is 18.5 Å². The van der Waals surface area contributed by atoms with Crippen LogP contribution < -0.4 is 5.32 Å². The van der Waals surface area contributed by atoms with Crippen molar-refractivity contribution >= 4 is 46.1 Å². The van der Waals surface area contributed by atoms with E-state index >= 15 is 0 Å². The summed E-state index contributed by atoms with van der Waals surface area (Å²) >= 11 is 13.9. The number of nitrogens with zero attached hydrogens (tertiary/aromatic N) is 2. The van der Waals surface area contributed by atoms with Gasteiger partial charge in [-0.15, -0.1) is 11.3 Å². The van der Waals surface area contributed by atoms with Crippen LogP contribution in [0.25, 0.3) is 0 Å². The minimum absolute atomic E-state index is 0.0949. The molecule has 0 radical (unpaired) electrons. The van der Waals surface area contributed by atoms with Gasteiger partial charge in [0.15, 0.2) is 0 Å². The summed E-state index contributed by atoms with van der Waals surface area (Å²) in [4.78, 5) is 20.2. The van der Waals surface area contributed by atoms with Gasteiger partial charge in [0.05, 0.1) is 33.0 Å². The molecule has 0 fully saturated rings. The van der Waals surface area contributed by atoms with Crippen molar-refractivity contribution in [3.63, 3.8) is 0 Å². The van der Waals surface area contributed by atoms with Gasteiger partial charge in [0, 0.05) is 16.8 Å². The summed E-state index contributed by atoms with van der Waals surface area (Å²) < 4.78 is 0. The van der Waals surface area contributed by atoms with Crippen molar-refractivity contribution in [2.75, 3.05) is 18.9 Å². The Morgan fingerprint density at radius 1 is 1.28 bits per heavy atom. The Kier molecular flexibility index (Phi) is 6.86. The van der Waals surface area contributed by atoms with Gasteiger partial charge in [-0.3, -0.25) is 9.69 Å². The second kappa shape index (κ2) is 8.49. The average Bonchev–Trinajstić information content (AvgIpc) is 2.92. The maximum atomic E-state index is 12.4. The highest BCUT2D eigenvalue weighted by atomic mass is 35.5. The van der Waals surface area contributed by atoms with Gasteiger partial charge in [0.2, 0.25) is 5.91 Å². The molecule has 0 unspecified atom stereocenters. The molecular weight excluding hydrogens is 377 g/mol. The average molecular weight is 400 g/mol. The van der Waals surface area contributed by atoms with E-state index in [2.05, 4.69) is 31.1 Å². The molecule has 0 bridgehead atoms. The van der Waals surface area contributed by atoms with Crippen molar-refractivity contribution < 1.29 is 4.79 Å². The van der Waals surface area contributed by atoms with Crippen molar-refractivity contribution in [1.29, 1.82) is 0 Å². The molecule has 7 heteroatoms. The van der Waals surface area contributed by atoms with Gasteiger partial charge in [-0.2, -0.15) is 0 Å². The van der Waals surface area contributed by atoms with Gasteiger partial charge < -0.3 is 5.32 Å². The van der Waals surface area contributed by atoms with Crippen LogP contribution in [0, 0.1) is 6.92 Å². The zero-order valence-electron chi connectivity index (χ0n) is 15.1. The van der Waals surface area contributed by atoms with E-state index in [0.29, 0.717) is 21.7 Å². The largest absolute Gasteiger partial charge is 0.322 e. The molecule has 0 saturated carbocycles. The summed E-state index contributed by atoms with van der Waals surface area (Å²) in [6.07, 6.45) is 0. The number of carbonyl (C=O) groups is 1. The number of para-hydroxylation sites is 1. The van der Waals surface area contributed by atoms with Crippen LogP contribution in [-0.4, -0.2) is 29.4 Å². The molecule has 1 aromatic heterocycles. The van der Waals surface area contributed by atoms with Crippen molar-refractivity contribution in [2.45, 2.75) is 39.7 Å². The molecule has 0 aliphatic carbocycles. The zero-order valence-corrected chi connectivity index (χ0v) is 17.4. The minimum atomic E-state index is -0.157. The van der Waals surface area contributed by atoms with Gasteiger partial charge in [0.25, 0.3) is 0 Å². The number of anilines is 1. The van der Waals surface area contributed by atoms with E-state index in [1.54, 1.807) is 29.5 Å². The highest BCUT2D eigenvalue weighted by Crippen LogP contribution is 2.32. The van der Waals surface area contributed by atoms with E-state index in [1.165, 1.54) is 4.88 Å². The molecule has 1 heterocycles. The first-order valence-electron chi connectivity index (χ1n) is 8.12. The van der Waals surface area contributed by atoms with Gasteiger partial charge >= 0.3 is 0 Å². The standard InChI is InChI=1S/C18H23Cl2N3OS/c1-10(2)18-21-11(3)17(25-18)12(4)23(5)9-15(24)22-16-13(19)7-6-8-14(16)20/h6-8,10,12H,9H2,1-5H3,(H,22,24)/t12-/m1/s1. The number of nitrogens with one attached hydrogen (secondary N) is 1. The number of aryl methyl sites for hydroxylation is 1. The summed E-state index contributed by atoms with van der Waals surface area (Å²) in [7, 11) is 1.92. The number of hydrogen-bond acceptors (Lipinski definition) is 4. The summed E-state index contributed by atoms with van der Waals surface area (Å²) in [5.41, 5.74) is 1.48. The first-order chi connectivity index (χ1) is 11.7. The fraction of sp³-hybridized carbons (Fsp3) is 0.444. The summed E-state index contributed by atoms with van der Waals surface area (Å²) in [6, 6.07) is 5.23. The maximum absolute atomic E-state index is 12.4. The van der Waals surface area contributed by atoms with Crippen molar-refractivity contribution in [3.05, 3.63) is 43.8 Å². The maximum Gasteiger partial charge on any atom is 0.238 e. The molecule has 0 saturated heterocycles. The molecule has 0 aliphatic rings. The van der Waals surface area contributed by atoms with E-state index in [9.17, 15) is 4.79 Å². The van der Waals surface area contributed by atoms with Crippen molar-refractivity contribution in [3.8, 4) is 0 Å². The Balaban J connectivity index is 2.06. The molecule has 1 atom stereocenters. The van der Waals surface area contributed by atoms with Gasteiger partial charge in [-0.05, 0) is 33.0 Å². The minimum Gasteiger partial charge on any atom is -0.322 e. The molecule has 0 spiro atoms. The molecule has 2 aromatic rings. The van der Waals surface area contributed by atoms with Crippen LogP contribution in [0.5, 0.6) is 0 Å². The lowest BCUT2D eigenvalue weighted by Gasteiger charge is -2.23. The van der Waals surface area contributed by atoms with E-state index in [0.717, 1.165) is 10.7 Å². The molecule has 1 N–H and O–H groups in total. The molecule has 4 nitrogen and oxygen atoms in total. The number of benzene rings is 1. The molecule has 25 heavy (non-hydrogen) atoms. The lowest BCUT2D eigenvalue weighted by Crippen LogP contribution is -2.32. The van der Waals surface area contributed by atoms with Gasteiger partial charge in [-0.1, -0.05) is 43.1 Å². The Morgan fingerprint density at radius 3 is 2.40 bits per heavy atom. The first-order valence-corrected chi connectivity index (χ1v) is 9.69. The number of thiazole rings is 1. The van der Waals surface area contributed by atoms with Crippen LogP contribution in [0.2, 0.25) is 10.0 Å². The Bertz CT molecular complexity index is 741. The third-order valence-electron chi connectivity index (χ3n) is 4.00. The summed E-state index contributed by atoms with van der Waals surface area (Å²) in [5, 5.41) is 4.78.